The van der Waals surface area contributed by atoms with Crippen LogP contribution in [0.5, 0.6) is 0 Å². The van der Waals surface area contributed by atoms with E-state index in [1.165, 1.54) is 19.3 Å². The maximum absolute atomic E-state index is 5.26. The molecule has 0 bridgehead atoms. The lowest BCUT2D eigenvalue weighted by Crippen LogP contribution is -1.88. The number of hydrogen-bond acceptors (Lipinski definition) is 0. The van der Waals surface area contributed by atoms with Gasteiger partial charge >= 0.3 is 0 Å². The van der Waals surface area contributed by atoms with Crippen LogP contribution in [0.3, 0.4) is 0 Å². The first-order valence-electron chi connectivity index (χ1n) is 3.30. The molecule has 0 aromatic rings. The first-order valence-corrected chi connectivity index (χ1v) is 3.30. The maximum atomic E-state index is 5.26. The molecule has 1 unspecified atom stereocenters. The minimum absolute atomic E-state index is 0.806. The summed E-state index contributed by atoms with van der Waals surface area (Å²) in [7, 11) is 0. The predicted octanol–water partition coefficient (Wildman–Crippen LogP) is 2.37. The molecule has 2 radical (unpaired) electrons. The molecule has 0 aliphatic heterocycles. The van der Waals surface area contributed by atoms with Crippen LogP contribution in [0.2, 0.25) is 0 Å². The summed E-state index contributed by atoms with van der Waals surface area (Å²) in [6.07, 6.45) is 9.26. The van der Waals surface area contributed by atoms with Gasteiger partial charge < -0.3 is 0 Å². The van der Waals surface area contributed by atoms with Gasteiger partial charge in [-0.3, -0.25) is 0 Å². The van der Waals surface area contributed by atoms with Gasteiger partial charge in [0.2, 0.25) is 0 Å². The summed E-state index contributed by atoms with van der Waals surface area (Å²) >= 11 is 0. The van der Waals surface area contributed by atoms with Crippen molar-refractivity contribution in [1.82, 2.24) is 0 Å². The Morgan fingerprint density at radius 2 is 2.62 bits per heavy atom. The smallest absolute Gasteiger partial charge is 0.0316 e. The molecule has 1 aliphatic rings. The zero-order valence-corrected chi connectivity index (χ0v) is 5.14. The number of hydrogen-bond donors (Lipinski definition) is 0. The Kier molecular flexibility index (Phi) is 2.13. The molecule has 0 amide bonds. The third-order valence-corrected chi connectivity index (χ3v) is 1.72. The largest absolute Gasteiger partial charge is 0.0843 e. The van der Waals surface area contributed by atoms with Gasteiger partial charge in [-0.2, -0.15) is 0 Å². The van der Waals surface area contributed by atoms with Crippen molar-refractivity contribution in [1.29, 1.82) is 0 Å². The minimum atomic E-state index is 0.806. The van der Waals surface area contributed by atoms with Gasteiger partial charge in [0, 0.05) is 0 Å². The Morgan fingerprint density at radius 1 is 1.75 bits per heavy atom. The molecule has 0 aromatic heterocycles. The Hall–Kier alpha value is -0.260. The van der Waals surface area contributed by atoms with Crippen LogP contribution in [-0.4, -0.2) is 0 Å². The molecule has 1 rings (SSSR count). The van der Waals surface area contributed by atoms with Gasteiger partial charge in [-0.15, -0.1) is 0 Å². The normalized spacial score (nSPS) is 21.5. The molecular formula is C8H12. The van der Waals surface area contributed by atoms with E-state index in [-0.39, 0.29) is 0 Å². The second-order valence-electron chi connectivity index (χ2n) is 2.40. The first-order chi connectivity index (χ1) is 3.93. The molecule has 1 fully saturated rings. The van der Waals surface area contributed by atoms with Gasteiger partial charge in [-0.25, -0.2) is 0 Å². The van der Waals surface area contributed by atoms with E-state index < -0.39 is 0 Å². The Labute approximate surface area is 51.6 Å². The highest BCUT2D eigenvalue weighted by Crippen LogP contribution is 2.26. The highest BCUT2D eigenvalue weighted by Gasteiger charge is 2.12. The predicted molar refractivity (Wildman–Crippen MR) is 35.1 cm³/mol. The van der Waals surface area contributed by atoms with Gasteiger partial charge in [-0.05, 0) is 31.6 Å². The second kappa shape index (κ2) is 2.91. The summed E-state index contributed by atoms with van der Waals surface area (Å²) < 4.78 is 0. The monoisotopic (exact) mass is 108 g/mol. The molecular weight excluding hydrogens is 96.1 g/mol. The Morgan fingerprint density at radius 3 is 3.12 bits per heavy atom. The van der Waals surface area contributed by atoms with E-state index in [1.807, 2.05) is 0 Å². The Bertz CT molecular complexity index is 68.1. The zero-order valence-electron chi connectivity index (χ0n) is 5.14. The summed E-state index contributed by atoms with van der Waals surface area (Å²) in [6, 6.07) is 0. The maximum Gasteiger partial charge on any atom is -0.0316 e. The van der Waals surface area contributed by atoms with Crippen LogP contribution in [0.1, 0.15) is 25.7 Å². The lowest BCUT2D eigenvalue weighted by Gasteiger charge is -2.00. The van der Waals surface area contributed by atoms with Crippen molar-refractivity contribution >= 4 is 0 Å². The number of allylic oxidation sites excluding steroid dienone is 1. The van der Waals surface area contributed by atoms with E-state index in [0.29, 0.717) is 0 Å². The van der Waals surface area contributed by atoms with E-state index in [0.717, 1.165) is 12.3 Å². The van der Waals surface area contributed by atoms with Crippen LogP contribution >= 0.6 is 0 Å². The third-order valence-electron chi connectivity index (χ3n) is 1.72. The molecule has 1 atom stereocenters. The van der Waals surface area contributed by atoms with E-state index >= 15 is 0 Å². The molecule has 1 saturated carbocycles. The average Bonchev–Trinajstić information content (AvgIpc) is 2.19. The van der Waals surface area contributed by atoms with Crippen molar-refractivity contribution in [2.45, 2.75) is 25.7 Å². The molecule has 1 aliphatic carbocycles. The fraction of sp³-hybridized carbons (Fsp3) is 0.625. The van der Waals surface area contributed by atoms with Crippen LogP contribution in [0, 0.1) is 18.9 Å². The summed E-state index contributed by atoms with van der Waals surface area (Å²) in [6.45, 7) is 5.26. The van der Waals surface area contributed by atoms with Crippen molar-refractivity contribution < 1.29 is 0 Å². The summed E-state index contributed by atoms with van der Waals surface area (Å²) in [4.78, 5) is 0. The lowest BCUT2D eigenvalue weighted by molar-refractivity contribution is 0.634. The summed E-state index contributed by atoms with van der Waals surface area (Å²) in [5.41, 5.74) is 0. The molecule has 0 saturated heterocycles. The molecule has 0 heteroatoms. The fourth-order valence-electron chi connectivity index (χ4n) is 1.24. The van der Waals surface area contributed by atoms with Gasteiger partial charge in [-0.1, -0.05) is 19.1 Å². The van der Waals surface area contributed by atoms with Crippen molar-refractivity contribution in [2.24, 2.45) is 5.92 Å². The molecule has 0 heterocycles. The van der Waals surface area contributed by atoms with Gasteiger partial charge in [0.05, 0.1) is 0 Å². The van der Waals surface area contributed by atoms with Crippen molar-refractivity contribution in [2.75, 3.05) is 0 Å². The van der Waals surface area contributed by atoms with E-state index in [4.69, 9.17) is 6.58 Å². The summed E-state index contributed by atoms with van der Waals surface area (Å²) in [5.74, 6) is 0.806. The SMILES string of the molecule is [CH]=CCC1[CH]CCC1. The topological polar surface area (TPSA) is 0 Å². The van der Waals surface area contributed by atoms with Crippen LogP contribution in [-0.2, 0) is 0 Å². The Balaban J connectivity index is 2.14. The van der Waals surface area contributed by atoms with Gasteiger partial charge in [0.25, 0.3) is 0 Å². The third kappa shape index (κ3) is 1.36. The molecule has 0 aromatic carbocycles. The average molecular weight is 108 g/mol. The van der Waals surface area contributed by atoms with Gasteiger partial charge in [0.1, 0.15) is 0 Å². The fourth-order valence-corrected chi connectivity index (χ4v) is 1.24. The van der Waals surface area contributed by atoms with Crippen molar-refractivity contribution in [3.63, 3.8) is 0 Å². The second-order valence-corrected chi connectivity index (χ2v) is 2.40. The van der Waals surface area contributed by atoms with E-state index in [1.54, 1.807) is 6.08 Å². The van der Waals surface area contributed by atoms with Crippen LogP contribution in [0.25, 0.3) is 0 Å². The molecule has 0 spiro atoms. The minimum Gasteiger partial charge on any atom is -0.0843 e. The number of rotatable bonds is 2. The van der Waals surface area contributed by atoms with E-state index in [2.05, 4.69) is 6.42 Å². The van der Waals surface area contributed by atoms with Gasteiger partial charge in [0.15, 0.2) is 0 Å². The standard InChI is InChI=1S/C8H12/c1-2-5-8-6-3-4-7-8/h1-2,6,8H,3-5,7H2. The molecule has 44 valence electrons. The lowest BCUT2D eigenvalue weighted by atomic mass is 10.1. The quantitative estimate of drug-likeness (QED) is 0.509. The van der Waals surface area contributed by atoms with Crippen LogP contribution in [0.4, 0.5) is 0 Å². The highest BCUT2D eigenvalue weighted by molar-refractivity contribution is 4.86. The van der Waals surface area contributed by atoms with Crippen LogP contribution in [0.15, 0.2) is 6.08 Å². The first kappa shape index (κ1) is 5.87. The van der Waals surface area contributed by atoms with Crippen LogP contribution < -0.4 is 0 Å². The molecule has 8 heavy (non-hydrogen) atoms. The highest BCUT2D eigenvalue weighted by atomic mass is 14.2. The van der Waals surface area contributed by atoms with Crippen molar-refractivity contribution in [3.05, 3.63) is 19.1 Å². The summed E-state index contributed by atoms with van der Waals surface area (Å²) in [5, 5.41) is 0. The van der Waals surface area contributed by atoms with E-state index in [9.17, 15) is 0 Å². The molecule has 0 N–H and O–H groups in total. The van der Waals surface area contributed by atoms with Crippen molar-refractivity contribution in [3.8, 4) is 0 Å². The molecule has 0 nitrogen and oxygen atoms in total. The zero-order chi connectivity index (χ0) is 5.82.